The van der Waals surface area contributed by atoms with Crippen LogP contribution in [0.3, 0.4) is 0 Å². The summed E-state index contributed by atoms with van der Waals surface area (Å²) in [5, 5.41) is 2.97. The molecule has 0 bridgehead atoms. The molecule has 2 saturated heterocycles. The summed E-state index contributed by atoms with van der Waals surface area (Å²) in [5.41, 5.74) is 0.890. The zero-order valence-corrected chi connectivity index (χ0v) is 37.1. The number of hydrogen-bond donors (Lipinski definition) is 1. The van der Waals surface area contributed by atoms with Crippen molar-refractivity contribution in [3.8, 4) is 0 Å². The number of methoxy groups -OCH3 is 1. The zero-order chi connectivity index (χ0) is 43.9. The van der Waals surface area contributed by atoms with Crippen molar-refractivity contribution < 1.29 is 43.0 Å². The van der Waals surface area contributed by atoms with Crippen molar-refractivity contribution in [2.75, 3.05) is 20.2 Å². The monoisotopic (exact) mass is 820 g/mol. The largest absolute Gasteiger partial charge is 0.499 e. The molecular weight excluding hydrogens is 753 g/mol. The number of carbonyl (C=O) groups excluding carboxylic acids is 7. The fourth-order valence-electron chi connectivity index (χ4n) is 9.07. The van der Waals surface area contributed by atoms with Crippen LogP contribution in [0.4, 0.5) is 0 Å². The van der Waals surface area contributed by atoms with Crippen LogP contribution in [0.15, 0.2) is 42.2 Å². The average molecular weight is 821 g/mol. The van der Waals surface area contributed by atoms with Gasteiger partial charge in [0.15, 0.2) is 6.10 Å². The van der Waals surface area contributed by atoms with Gasteiger partial charge in [-0.3, -0.25) is 33.7 Å². The topological polar surface area (TPSA) is 160 Å². The van der Waals surface area contributed by atoms with Gasteiger partial charge in [-0.15, -0.1) is 0 Å². The maximum absolute atomic E-state index is 14.3. The molecule has 3 heterocycles. The number of carbonyl (C=O) groups is 7. The molecule has 1 unspecified atom stereocenters. The molecule has 59 heavy (non-hydrogen) atoms. The van der Waals surface area contributed by atoms with E-state index in [1.807, 2.05) is 85.7 Å². The van der Waals surface area contributed by atoms with Crippen LogP contribution in [0.1, 0.15) is 107 Å². The fourth-order valence-corrected chi connectivity index (χ4v) is 9.07. The Bertz CT molecular complexity index is 1710. The Kier molecular flexibility index (Phi) is 16.5. The molecule has 3 aliphatic rings. The van der Waals surface area contributed by atoms with Crippen molar-refractivity contribution in [1.82, 2.24) is 20.0 Å². The SMILES string of the molecule is COC1=CC(=O)N(C(=O)C(OC(=O)[C@@H]2CCCN2C(=O)[C@@H]2CCCN2C(=O)[C@@H](NC(=O)[C@@H](CC(=O)C(C(C)C)C(C)C)C(C)C)C(C)C)C(C)C)[C@H]1Cc1ccccc1. The molecule has 13 heteroatoms. The fraction of sp³-hybridized carbons (Fsp3) is 0.674. The zero-order valence-electron chi connectivity index (χ0n) is 37.1. The van der Waals surface area contributed by atoms with Gasteiger partial charge < -0.3 is 24.6 Å². The lowest BCUT2D eigenvalue weighted by atomic mass is 9.77. The molecule has 3 aliphatic heterocycles. The summed E-state index contributed by atoms with van der Waals surface area (Å²) in [4.78, 5) is 101. The van der Waals surface area contributed by atoms with E-state index in [0.717, 1.165) is 10.5 Å². The van der Waals surface area contributed by atoms with Gasteiger partial charge in [0.2, 0.25) is 17.7 Å². The van der Waals surface area contributed by atoms with Gasteiger partial charge in [-0.05, 0) is 60.8 Å². The van der Waals surface area contributed by atoms with Gasteiger partial charge in [-0.2, -0.15) is 0 Å². The number of nitrogens with one attached hydrogen (secondary N) is 1. The number of ketones is 1. The predicted octanol–water partition coefficient (Wildman–Crippen LogP) is 5.35. The van der Waals surface area contributed by atoms with Crippen LogP contribution in [0.5, 0.6) is 0 Å². The molecule has 326 valence electrons. The van der Waals surface area contributed by atoms with Crippen LogP contribution < -0.4 is 5.32 Å². The summed E-state index contributed by atoms with van der Waals surface area (Å²) in [5.74, 6) is -4.23. The van der Waals surface area contributed by atoms with E-state index < -0.39 is 59.9 Å². The third kappa shape index (κ3) is 11.0. The summed E-state index contributed by atoms with van der Waals surface area (Å²) in [6, 6.07) is 5.91. The van der Waals surface area contributed by atoms with Crippen LogP contribution in [-0.4, -0.2) is 106 Å². The summed E-state index contributed by atoms with van der Waals surface area (Å²) < 4.78 is 11.4. The molecule has 2 fully saturated rings. The lowest BCUT2D eigenvalue weighted by molar-refractivity contribution is -0.170. The highest BCUT2D eigenvalue weighted by atomic mass is 16.6. The average Bonchev–Trinajstić information content (AvgIpc) is 3.93. The summed E-state index contributed by atoms with van der Waals surface area (Å²) in [6.07, 6.45) is 2.15. The van der Waals surface area contributed by atoms with Gasteiger partial charge in [0.25, 0.3) is 11.8 Å². The van der Waals surface area contributed by atoms with Crippen LogP contribution in [-0.2, 0) is 49.5 Å². The molecule has 1 N–H and O–H groups in total. The highest BCUT2D eigenvalue weighted by Gasteiger charge is 2.47. The van der Waals surface area contributed by atoms with Crippen molar-refractivity contribution >= 4 is 41.3 Å². The van der Waals surface area contributed by atoms with Crippen molar-refractivity contribution in [3.05, 3.63) is 47.7 Å². The van der Waals surface area contributed by atoms with Crippen molar-refractivity contribution in [2.45, 2.75) is 138 Å². The van der Waals surface area contributed by atoms with Gasteiger partial charge in [0.05, 0.1) is 7.11 Å². The number of rotatable bonds is 18. The number of imide groups is 1. The van der Waals surface area contributed by atoms with E-state index in [4.69, 9.17) is 9.47 Å². The molecule has 6 atom stereocenters. The number of ether oxygens (including phenoxy) is 2. The highest BCUT2D eigenvalue weighted by Crippen LogP contribution is 2.31. The van der Waals surface area contributed by atoms with E-state index in [1.54, 1.807) is 13.8 Å². The Balaban J connectivity index is 1.48. The van der Waals surface area contributed by atoms with Crippen molar-refractivity contribution in [3.63, 3.8) is 0 Å². The van der Waals surface area contributed by atoms with E-state index >= 15 is 0 Å². The molecule has 0 radical (unpaired) electrons. The Morgan fingerprint density at radius 1 is 0.746 bits per heavy atom. The molecule has 0 aromatic heterocycles. The van der Waals surface area contributed by atoms with E-state index in [2.05, 4.69) is 5.32 Å². The number of amides is 5. The standard InChI is InChI=1S/C46H68N4O9/c1-26(2)32(24-36(51)39(27(3)4)28(5)6)42(53)47-40(29(7)8)44(55)48-21-15-19-33(48)43(54)49-22-16-20-34(49)46(57)59-41(30(9)10)45(56)50-35(37(58-11)25-38(50)52)23-31-17-13-12-14-18-31/h12-14,17-18,25-30,32-35,39-41H,15-16,19-24H2,1-11H3,(H,47,53)/t32-,33-,34-,35-,40-,41?/m0/s1. The molecule has 0 aliphatic carbocycles. The molecule has 4 rings (SSSR count). The first kappa shape index (κ1) is 47.1. The number of likely N-dealkylation sites (tertiary alicyclic amines) is 2. The summed E-state index contributed by atoms with van der Waals surface area (Å²) in [6.45, 7) is 19.6. The van der Waals surface area contributed by atoms with Crippen LogP contribution >= 0.6 is 0 Å². The van der Waals surface area contributed by atoms with E-state index in [9.17, 15) is 33.6 Å². The minimum absolute atomic E-state index is 0.0401. The first-order chi connectivity index (χ1) is 27.8. The minimum atomic E-state index is -1.31. The lowest BCUT2D eigenvalue weighted by Crippen LogP contribution is -2.57. The maximum atomic E-state index is 14.3. The second kappa shape index (κ2) is 20.6. The Morgan fingerprint density at radius 2 is 1.34 bits per heavy atom. The predicted molar refractivity (Wildman–Crippen MR) is 223 cm³/mol. The van der Waals surface area contributed by atoms with E-state index in [-0.39, 0.29) is 66.1 Å². The van der Waals surface area contributed by atoms with Gasteiger partial charge in [0.1, 0.15) is 35.7 Å². The van der Waals surface area contributed by atoms with Crippen LogP contribution in [0, 0.1) is 41.4 Å². The van der Waals surface area contributed by atoms with Crippen LogP contribution in [0.25, 0.3) is 0 Å². The number of esters is 1. The Hall–Kier alpha value is -4.55. The Morgan fingerprint density at radius 3 is 1.88 bits per heavy atom. The number of Topliss-reactive ketones (excluding diaryl/α,β-unsaturated/α-hetero) is 1. The number of benzene rings is 1. The van der Waals surface area contributed by atoms with Crippen LogP contribution in [0.2, 0.25) is 0 Å². The smallest absolute Gasteiger partial charge is 0.329 e. The van der Waals surface area contributed by atoms with Gasteiger partial charge >= 0.3 is 5.97 Å². The summed E-state index contributed by atoms with van der Waals surface area (Å²) >= 11 is 0. The third-order valence-corrected chi connectivity index (χ3v) is 12.2. The second-order valence-electron chi connectivity index (χ2n) is 18.2. The molecule has 0 spiro atoms. The number of nitrogens with zero attached hydrogens (tertiary/aromatic N) is 3. The molecule has 1 aromatic rings. The number of hydrogen-bond acceptors (Lipinski definition) is 9. The molecule has 0 saturated carbocycles. The maximum Gasteiger partial charge on any atom is 0.329 e. The quantitative estimate of drug-likeness (QED) is 0.193. The third-order valence-electron chi connectivity index (χ3n) is 12.2. The van der Waals surface area contributed by atoms with Gasteiger partial charge in [-0.1, -0.05) is 99.6 Å². The molecule has 5 amide bonds. The molecular formula is C46H68N4O9. The van der Waals surface area contributed by atoms with Crippen molar-refractivity contribution in [2.24, 2.45) is 41.4 Å². The first-order valence-electron chi connectivity index (χ1n) is 21.6. The Labute approximate surface area is 351 Å². The second-order valence-corrected chi connectivity index (χ2v) is 18.2. The minimum Gasteiger partial charge on any atom is -0.499 e. The summed E-state index contributed by atoms with van der Waals surface area (Å²) in [7, 11) is 1.44. The van der Waals surface area contributed by atoms with Gasteiger partial charge in [-0.25, -0.2) is 4.79 Å². The molecule has 1 aromatic carbocycles. The van der Waals surface area contributed by atoms with Gasteiger partial charge in [0, 0.05) is 43.8 Å². The normalized spacial score (nSPS) is 21.2. The molecule has 13 nitrogen and oxygen atoms in total. The van der Waals surface area contributed by atoms with E-state index in [1.165, 1.54) is 23.0 Å². The van der Waals surface area contributed by atoms with Crippen molar-refractivity contribution in [1.29, 1.82) is 0 Å². The lowest BCUT2D eigenvalue weighted by Gasteiger charge is -2.35. The highest BCUT2D eigenvalue weighted by molar-refractivity contribution is 6.06. The first-order valence-corrected chi connectivity index (χ1v) is 21.6. The van der Waals surface area contributed by atoms with E-state index in [0.29, 0.717) is 44.4 Å².